The third-order valence-corrected chi connectivity index (χ3v) is 3.65. The molecule has 2 heterocycles. The molecule has 1 aromatic carbocycles. The van der Waals surface area contributed by atoms with Gasteiger partial charge in [0.05, 0.1) is 0 Å². The number of nitrogens with one attached hydrogen (secondary N) is 1. The molecule has 0 fully saturated rings. The lowest BCUT2D eigenvalue weighted by atomic mass is 10.1. The molecule has 1 N–H and O–H groups in total. The van der Waals surface area contributed by atoms with Crippen molar-refractivity contribution in [2.24, 2.45) is 0 Å². The second-order valence-corrected chi connectivity index (χ2v) is 5.27. The Morgan fingerprint density at radius 3 is 2.59 bits per heavy atom. The van der Waals surface area contributed by atoms with Crippen LogP contribution in [-0.4, -0.2) is 24.0 Å². The van der Waals surface area contributed by atoms with Crippen LogP contribution < -0.4 is 5.32 Å². The van der Waals surface area contributed by atoms with Gasteiger partial charge in [0.1, 0.15) is 17.3 Å². The number of furan rings is 1. The predicted octanol–water partition coefficient (Wildman–Crippen LogP) is 4.05. The molecule has 2 aromatic rings. The lowest BCUT2D eigenvalue weighted by molar-refractivity contribution is 0.217. The highest BCUT2D eigenvalue weighted by molar-refractivity contribution is 5.89. The standard InChI is InChI=1S/C17H17FN2O2/c1-12-2-7-16(22-12)13-8-10-20(11-9-13)17(21)19-15-5-3-14(18)4-6-15/h2-8H,9-11H2,1H3,(H,19,21). The zero-order valence-electron chi connectivity index (χ0n) is 12.3. The van der Waals surface area contributed by atoms with E-state index in [-0.39, 0.29) is 11.8 Å². The highest BCUT2D eigenvalue weighted by Crippen LogP contribution is 2.24. The fourth-order valence-electron chi connectivity index (χ4n) is 2.42. The molecule has 1 aliphatic heterocycles. The van der Waals surface area contributed by atoms with Crippen LogP contribution in [0.5, 0.6) is 0 Å². The summed E-state index contributed by atoms with van der Waals surface area (Å²) < 4.78 is 18.4. The number of amides is 2. The van der Waals surface area contributed by atoms with Crippen molar-refractivity contribution in [1.29, 1.82) is 0 Å². The first kappa shape index (κ1) is 14.4. The number of anilines is 1. The second kappa shape index (κ2) is 6.05. The molecular weight excluding hydrogens is 283 g/mol. The van der Waals surface area contributed by atoms with E-state index in [2.05, 4.69) is 5.32 Å². The van der Waals surface area contributed by atoms with Crippen LogP contribution in [0.2, 0.25) is 0 Å². The van der Waals surface area contributed by atoms with Crippen LogP contribution in [0.15, 0.2) is 46.9 Å². The third-order valence-electron chi connectivity index (χ3n) is 3.65. The molecule has 4 nitrogen and oxygen atoms in total. The number of rotatable bonds is 2. The fourth-order valence-corrected chi connectivity index (χ4v) is 2.42. The lowest BCUT2D eigenvalue weighted by Gasteiger charge is -2.26. The van der Waals surface area contributed by atoms with Gasteiger partial charge in [0.25, 0.3) is 0 Å². The van der Waals surface area contributed by atoms with Gasteiger partial charge in [-0.25, -0.2) is 9.18 Å². The zero-order chi connectivity index (χ0) is 15.5. The van der Waals surface area contributed by atoms with Gasteiger partial charge in [-0.2, -0.15) is 0 Å². The molecule has 1 aliphatic rings. The quantitative estimate of drug-likeness (QED) is 0.909. The molecule has 0 atom stereocenters. The van der Waals surface area contributed by atoms with E-state index in [0.29, 0.717) is 18.8 Å². The maximum Gasteiger partial charge on any atom is 0.322 e. The molecule has 0 bridgehead atoms. The molecular formula is C17H17FN2O2. The number of benzene rings is 1. The number of carbonyl (C=O) groups is 1. The summed E-state index contributed by atoms with van der Waals surface area (Å²) in [6.07, 6.45) is 2.76. The Kier molecular flexibility index (Phi) is 3.96. The van der Waals surface area contributed by atoms with Crippen LogP contribution in [-0.2, 0) is 0 Å². The Labute approximate surface area is 128 Å². The van der Waals surface area contributed by atoms with E-state index in [1.807, 2.05) is 25.1 Å². The zero-order valence-corrected chi connectivity index (χ0v) is 12.3. The molecule has 0 aliphatic carbocycles. The molecule has 0 radical (unpaired) electrons. The normalized spacial score (nSPS) is 14.6. The van der Waals surface area contributed by atoms with Crippen LogP contribution in [0.4, 0.5) is 14.9 Å². The average molecular weight is 300 g/mol. The Hall–Kier alpha value is -2.56. The van der Waals surface area contributed by atoms with Crippen LogP contribution in [0.3, 0.4) is 0 Å². The van der Waals surface area contributed by atoms with Gasteiger partial charge < -0.3 is 14.6 Å². The van der Waals surface area contributed by atoms with Gasteiger partial charge in [-0.15, -0.1) is 0 Å². The van der Waals surface area contributed by atoms with E-state index in [9.17, 15) is 9.18 Å². The summed E-state index contributed by atoms with van der Waals surface area (Å²) in [5.74, 6) is 1.43. The van der Waals surface area contributed by atoms with Gasteiger partial charge >= 0.3 is 6.03 Å². The van der Waals surface area contributed by atoms with Crippen molar-refractivity contribution in [2.75, 3.05) is 18.4 Å². The van der Waals surface area contributed by atoms with Crippen molar-refractivity contribution in [3.05, 3.63) is 59.8 Å². The molecule has 0 saturated heterocycles. The van der Waals surface area contributed by atoms with E-state index < -0.39 is 0 Å². The summed E-state index contributed by atoms with van der Waals surface area (Å²) in [5, 5.41) is 2.77. The van der Waals surface area contributed by atoms with Crippen molar-refractivity contribution in [1.82, 2.24) is 4.90 Å². The van der Waals surface area contributed by atoms with Crippen molar-refractivity contribution in [2.45, 2.75) is 13.3 Å². The van der Waals surface area contributed by atoms with Crippen LogP contribution >= 0.6 is 0 Å². The number of halogens is 1. The summed E-state index contributed by atoms with van der Waals surface area (Å²) in [5.41, 5.74) is 1.71. The van der Waals surface area contributed by atoms with Gasteiger partial charge in [0.15, 0.2) is 0 Å². The summed E-state index contributed by atoms with van der Waals surface area (Å²) in [7, 11) is 0. The van der Waals surface area contributed by atoms with Gasteiger partial charge in [0, 0.05) is 18.8 Å². The minimum Gasteiger partial charge on any atom is -0.462 e. The maximum atomic E-state index is 12.8. The molecule has 1 aromatic heterocycles. The molecule has 114 valence electrons. The molecule has 0 unspecified atom stereocenters. The minimum atomic E-state index is -0.322. The molecule has 5 heteroatoms. The fraction of sp³-hybridized carbons (Fsp3) is 0.235. The van der Waals surface area contributed by atoms with Gasteiger partial charge in [-0.3, -0.25) is 0 Å². The topological polar surface area (TPSA) is 45.5 Å². The van der Waals surface area contributed by atoms with Crippen molar-refractivity contribution < 1.29 is 13.6 Å². The third kappa shape index (κ3) is 3.19. The first-order valence-electron chi connectivity index (χ1n) is 7.19. The number of nitrogens with zero attached hydrogens (tertiary/aromatic N) is 1. The van der Waals surface area contributed by atoms with Crippen LogP contribution in [0, 0.1) is 12.7 Å². The highest BCUT2D eigenvalue weighted by Gasteiger charge is 2.19. The number of hydrogen-bond acceptors (Lipinski definition) is 2. The Bertz CT molecular complexity index is 704. The van der Waals surface area contributed by atoms with Crippen molar-refractivity contribution in [3.8, 4) is 0 Å². The monoisotopic (exact) mass is 300 g/mol. The predicted molar refractivity (Wildman–Crippen MR) is 83.0 cm³/mol. The van der Waals surface area contributed by atoms with Crippen molar-refractivity contribution >= 4 is 17.3 Å². The smallest absolute Gasteiger partial charge is 0.322 e. The van der Waals surface area contributed by atoms with Crippen molar-refractivity contribution in [3.63, 3.8) is 0 Å². The van der Waals surface area contributed by atoms with Crippen LogP contribution in [0.1, 0.15) is 17.9 Å². The number of carbonyl (C=O) groups excluding carboxylic acids is 1. The van der Waals surface area contributed by atoms with E-state index >= 15 is 0 Å². The molecule has 0 spiro atoms. The van der Waals surface area contributed by atoms with E-state index in [4.69, 9.17) is 4.42 Å². The number of urea groups is 1. The lowest BCUT2D eigenvalue weighted by Crippen LogP contribution is -2.37. The molecule has 22 heavy (non-hydrogen) atoms. The summed E-state index contributed by atoms with van der Waals surface area (Å²) in [6.45, 7) is 3.07. The van der Waals surface area contributed by atoms with E-state index in [1.165, 1.54) is 12.1 Å². The van der Waals surface area contributed by atoms with Gasteiger partial charge in [-0.05, 0) is 55.3 Å². The van der Waals surface area contributed by atoms with Crippen LogP contribution in [0.25, 0.3) is 5.57 Å². The molecule has 2 amide bonds. The molecule has 3 rings (SSSR count). The average Bonchev–Trinajstić information content (AvgIpc) is 2.96. The second-order valence-electron chi connectivity index (χ2n) is 5.27. The largest absolute Gasteiger partial charge is 0.462 e. The highest BCUT2D eigenvalue weighted by atomic mass is 19.1. The number of hydrogen-bond donors (Lipinski definition) is 1. The summed E-state index contributed by atoms with van der Waals surface area (Å²) in [6, 6.07) is 9.44. The maximum absolute atomic E-state index is 12.8. The minimum absolute atomic E-state index is 0.183. The van der Waals surface area contributed by atoms with E-state index in [0.717, 1.165) is 23.5 Å². The van der Waals surface area contributed by atoms with Gasteiger partial charge in [0.2, 0.25) is 0 Å². The first-order chi connectivity index (χ1) is 10.6. The summed E-state index contributed by atoms with van der Waals surface area (Å²) in [4.78, 5) is 13.9. The van der Waals surface area contributed by atoms with E-state index in [1.54, 1.807) is 17.0 Å². The SMILES string of the molecule is Cc1ccc(C2=CCN(C(=O)Nc3ccc(F)cc3)CC2)o1. The molecule has 0 saturated carbocycles. The van der Waals surface area contributed by atoms with Gasteiger partial charge in [-0.1, -0.05) is 6.08 Å². The first-order valence-corrected chi connectivity index (χ1v) is 7.19. The number of aryl methyl sites for hydroxylation is 1. The Morgan fingerprint density at radius 2 is 2.00 bits per heavy atom. The Morgan fingerprint density at radius 1 is 1.23 bits per heavy atom. The summed E-state index contributed by atoms with van der Waals surface area (Å²) >= 11 is 0. The Balaban J connectivity index is 1.61.